The van der Waals surface area contributed by atoms with Gasteiger partial charge < -0.3 is 20.9 Å². The summed E-state index contributed by atoms with van der Waals surface area (Å²) in [5.41, 5.74) is 5.66. The average Bonchev–Trinajstić information content (AvgIpc) is 3.20. The lowest BCUT2D eigenvalue weighted by atomic mass is 9.79. The summed E-state index contributed by atoms with van der Waals surface area (Å²) < 4.78 is 5.61. The van der Waals surface area contributed by atoms with E-state index in [9.17, 15) is 19.5 Å². The minimum absolute atomic E-state index is 0.271. The van der Waals surface area contributed by atoms with Crippen LogP contribution in [0, 0.1) is 11.8 Å². The van der Waals surface area contributed by atoms with Gasteiger partial charge in [0.05, 0.1) is 29.6 Å². The van der Waals surface area contributed by atoms with Crippen molar-refractivity contribution in [3.8, 4) is 0 Å². The van der Waals surface area contributed by atoms with Gasteiger partial charge in [-0.3, -0.25) is 14.4 Å². The van der Waals surface area contributed by atoms with Crippen LogP contribution >= 0.6 is 11.3 Å². The lowest BCUT2D eigenvalue weighted by Gasteiger charge is -2.23. The van der Waals surface area contributed by atoms with Crippen LogP contribution in [0.4, 0.5) is 5.00 Å². The maximum absolute atomic E-state index is 12.7. The Morgan fingerprint density at radius 3 is 2.58 bits per heavy atom. The minimum atomic E-state index is -1.02. The molecular weight excluding hydrogens is 332 g/mol. The topological polar surface area (TPSA) is 119 Å². The number of aryl methyl sites for hydroxylation is 1. The van der Waals surface area contributed by atoms with Gasteiger partial charge in [-0.2, -0.15) is 0 Å². The molecule has 0 unspecified atom stereocenters. The summed E-state index contributed by atoms with van der Waals surface area (Å²) in [6.45, 7) is 2.02. The van der Waals surface area contributed by atoms with Crippen molar-refractivity contribution in [3.05, 3.63) is 16.5 Å². The van der Waals surface area contributed by atoms with Gasteiger partial charge in [0.25, 0.3) is 5.91 Å². The van der Waals surface area contributed by atoms with Gasteiger partial charge in [-0.05, 0) is 25.3 Å². The molecule has 1 aromatic rings. The van der Waals surface area contributed by atoms with E-state index < -0.39 is 35.7 Å². The van der Waals surface area contributed by atoms with Crippen molar-refractivity contribution in [2.24, 2.45) is 17.6 Å². The number of hydrogen-bond donors (Lipinski definition) is 3. The van der Waals surface area contributed by atoms with Crippen LogP contribution in [-0.2, 0) is 20.7 Å². The third-order valence-corrected chi connectivity index (χ3v) is 5.75. The van der Waals surface area contributed by atoms with Crippen LogP contribution < -0.4 is 11.1 Å². The maximum Gasteiger partial charge on any atom is 0.310 e. The van der Waals surface area contributed by atoms with E-state index >= 15 is 0 Å². The Bertz CT molecular complexity index is 686. The number of carbonyl (C=O) groups is 3. The van der Waals surface area contributed by atoms with Crippen LogP contribution in [0.1, 0.15) is 41.4 Å². The smallest absolute Gasteiger partial charge is 0.310 e. The van der Waals surface area contributed by atoms with Gasteiger partial charge >= 0.3 is 5.97 Å². The number of thiophene rings is 1. The predicted octanol–water partition coefficient (Wildman–Crippen LogP) is 1.62. The highest BCUT2D eigenvalue weighted by Crippen LogP contribution is 2.44. The molecule has 8 heteroatoms. The molecule has 1 aromatic heterocycles. The van der Waals surface area contributed by atoms with Crippen molar-refractivity contribution in [1.29, 1.82) is 0 Å². The van der Waals surface area contributed by atoms with Gasteiger partial charge in [-0.15, -0.1) is 11.3 Å². The summed E-state index contributed by atoms with van der Waals surface area (Å²) in [6.07, 6.45) is 2.27. The summed E-state index contributed by atoms with van der Waals surface area (Å²) in [5.74, 6) is -3.62. The maximum atomic E-state index is 12.7. The molecule has 24 heavy (non-hydrogen) atoms. The number of fused-ring (bicyclic) bond motifs is 2. The second-order valence-corrected chi connectivity index (χ2v) is 7.38. The van der Waals surface area contributed by atoms with E-state index in [0.717, 1.165) is 17.7 Å². The van der Waals surface area contributed by atoms with Crippen molar-refractivity contribution >= 4 is 34.1 Å². The van der Waals surface area contributed by atoms with Crippen LogP contribution in [0.5, 0.6) is 0 Å². The van der Waals surface area contributed by atoms with Gasteiger partial charge in [0.1, 0.15) is 5.00 Å². The van der Waals surface area contributed by atoms with E-state index in [1.54, 1.807) is 6.07 Å². The van der Waals surface area contributed by atoms with Crippen molar-refractivity contribution in [2.45, 2.75) is 44.8 Å². The Labute approximate surface area is 143 Å². The molecule has 2 aliphatic heterocycles. The van der Waals surface area contributed by atoms with Gasteiger partial charge in [0.2, 0.25) is 5.91 Å². The second kappa shape index (κ2) is 6.52. The Hall–Kier alpha value is -1.93. The summed E-state index contributed by atoms with van der Waals surface area (Å²) in [7, 11) is 0. The number of anilines is 1. The highest BCUT2D eigenvalue weighted by Gasteiger charge is 2.55. The van der Waals surface area contributed by atoms with Crippen LogP contribution in [0.3, 0.4) is 0 Å². The molecule has 130 valence electrons. The quantitative estimate of drug-likeness (QED) is 0.719. The Morgan fingerprint density at radius 2 is 2.00 bits per heavy atom. The lowest BCUT2D eigenvalue weighted by Crippen LogP contribution is -2.41. The van der Waals surface area contributed by atoms with Crippen molar-refractivity contribution in [2.75, 3.05) is 5.32 Å². The number of ether oxygens (including phenoxy) is 1. The van der Waals surface area contributed by atoms with E-state index in [0.29, 0.717) is 17.8 Å². The molecule has 3 rings (SSSR count). The monoisotopic (exact) mass is 352 g/mol. The van der Waals surface area contributed by atoms with Gasteiger partial charge in [0, 0.05) is 4.88 Å². The summed E-state index contributed by atoms with van der Waals surface area (Å²) in [5, 5.41) is 12.5. The zero-order valence-electron chi connectivity index (χ0n) is 13.3. The third-order valence-electron chi connectivity index (χ3n) is 4.64. The van der Waals surface area contributed by atoms with Crippen molar-refractivity contribution < 1.29 is 24.2 Å². The van der Waals surface area contributed by atoms with Gasteiger partial charge in [-0.1, -0.05) is 13.3 Å². The fraction of sp³-hybridized carbons (Fsp3) is 0.562. The molecular formula is C16H20N2O5S. The summed E-state index contributed by atoms with van der Waals surface area (Å²) in [4.78, 5) is 36.7. The number of carboxylic acid groups (broad SMARTS) is 1. The summed E-state index contributed by atoms with van der Waals surface area (Å²) in [6, 6.07) is 1.69. The number of rotatable bonds is 6. The zero-order valence-corrected chi connectivity index (χ0v) is 14.1. The number of nitrogens with two attached hydrogens (primary N) is 1. The van der Waals surface area contributed by atoms with E-state index in [1.807, 2.05) is 6.92 Å². The molecule has 3 heterocycles. The lowest BCUT2D eigenvalue weighted by molar-refractivity contribution is -0.147. The molecule has 2 amide bonds. The molecule has 4 atom stereocenters. The fourth-order valence-corrected chi connectivity index (χ4v) is 4.77. The normalized spacial score (nSPS) is 28.0. The van der Waals surface area contributed by atoms with Crippen molar-refractivity contribution in [1.82, 2.24) is 0 Å². The summed E-state index contributed by atoms with van der Waals surface area (Å²) >= 11 is 1.31. The number of nitrogens with one attached hydrogen (secondary N) is 1. The molecule has 0 radical (unpaired) electrons. The first kappa shape index (κ1) is 16.9. The van der Waals surface area contributed by atoms with Crippen LogP contribution in [0.25, 0.3) is 0 Å². The number of carbonyl (C=O) groups excluding carboxylic acids is 2. The third kappa shape index (κ3) is 2.91. The first-order valence-corrected chi connectivity index (χ1v) is 8.85. The fourth-order valence-electron chi connectivity index (χ4n) is 3.61. The molecule has 2 aliphatic rings. The second-order valence-electron chi connectivity index (χ2n) is 6.24. The molecule has 4 N–H and O–H groups in total. The minimum Gasteiger partial charge on any atom is -0.481 e. The standard InChI is InChI=1S/C16H20N2O5S/c1-2-3-7-6-8(13(17)19)15(24-7)18-14(20)11-9-4-5-10(23-9)12(11)16(21)22/h6,9-12H,2-5H2,1H3,(H2,17,19)(H,18,20)(H,21,22)/t9-,10-,11-,12+/m1/s1. The number of hydrogen-bond acceptors (Lipinski definition) is 5. The largest absolute Gasteiger partial charge is 0.481 e. The highest BCUT2D eigenvalue weighted by molar-refractivity contribution is 7.16. The molecule has 2 saturated heterocycles. The molecule has 0 aliphatic carbocycles. The zero-order chi connectivity index (χ0) is 17.4. The number of carboxylic acids is 1. The highest BCUT2D eigenvalue weighted by atomic mass is 32.1. The molecule has 2 bridgehead atoms. The average molecular weight is 352 g/mol. The molecule has 0 saturated carbocycles. The molecule has 2 fully saturated rings. The van der Waals surface area contributed by atoms with E-state index in [1.165, 1.54) is 11.3 Å². The number of primary amides is 1. The Kier molecular flexibility index (Phi) is 4.60. The molecule has 7 nitrogen and oxygen atoms in total. The van der Waals surface area contributed by atoms with E-state index in [-0.39, 0.29) is 11.7 Å². The van der Waals surface area contributed by atoms with Crippen LogP contribution in [-0.4, -0.2) is 35.1 Å². The van der Waals surface area contributed by atoms with Crippen molar-refractivity contribution in [3.63, 3.8) is 0 Å². The first-order valence-electron chi connectivity index (χ1n) is 8.04. The number of amides is 2. The van der Waals surface area contributed by atoms with Crippen LogP contribution in [0.2, 0.25) is 0 Å². The van der Waals surface area contributed by atoms with E-state index in [2.05, 4.69) is 5.32 Å². The van der Waals surface area contributed by atoms with E-state index in [4.69, 9.17) is 10.5 Å². The predicted molar refractivity (Wildman–Crippen MR) is 88.0 cm³/mol. The van der Waals surface area contributed by atoms with Crippen LogP contribution in [0.15, 0.2) is 6.07 Å². The number of aliphatic carboxylic acids is 1. The molecule has 0 spiro atoms. The molecule has 0 aromatic carbocycles. The Balaban J connectivity index is 1.82. The SMILES string of the molecule is CCCc1cc(C(N)=O)c(NC(=O)[C@H]2[C@@H](C(=O)O)[C@H]3CC[C@H]2O3)s1. The van der Waals surface area contributed by atoms with Gasteiger partial charge in [-0.25, -0.2) is 0 Å². The first-order chi connectivity index (χ1) is 11.4. The van der Waals surface area contributed by atoms with Gasteiger partial charge in [0.15, 0.2) is 0 Å². The Morgan fingerprint density at radius 1 is 1.33 bits per heavy atom.